The van der Waals surface area contributed by atoms with Gasteiger partial charge in [0, 0.05) is 12.5 Å². The minimum atomic E-state index is -0.0469. The van der Waals surface area contributed by atoms with Crippen molar-refractivity contribution in [2.75, 3.05) is 13.1 Å². The van der Waals surface area contributed by atoms with Gasteiger partial charge in [-0.2, -0.15) is 0 Å². The number of hydrogen-bond acceptors (Lipinski definition) is 3. The first-order valence-corrected chi connectivity index (χ1v) is 8.53. The Kier molecular flexibility index (Phi) is 3.53. The zero-order chi connectivity index (χ0) is 15.1. The largest absolute Gasteiger partial charge is 0.315 e. The molecular formula is C17H15ClN2OS. The zero-order valence-corrected chi connectivity index (χ0v) is 13.4. The van der Waals surface area contributed by atoms with Gasteiger partial charge in [-0.15, -0.1) is 0 Å². The number of fused-ring (bicyclic) bond motifs is 3. The van der Waals surface area contributed by atoms with Crippen LogP contribution in [0.1, 0.15) is 22.6 Å². The van der Waals surface area contributed by atoms with Crippen LogP contribution in [0, 0.1) is 0 Å². The summed E-state index contributed by atoms with van der Waals surface area (Å²) in [5.74, 6) is 0.241. The van der Waals surface area contributed by atoms with Crippen molar-refractivity contribution in [3.63, 3.8) is 0 Å². The van der Waals surface area contributed by atoms with Gasteiger partial charge in [0.05, 0.1) is 15.2 Å². The van der Waals surface area contributed by atoms with Crippen molar-refractivity contribution in [2.24, 2.45) is 0 Å². The van der Waals surface area contributed by atoms with Gasteiger partial charge in [-0.05, 0) is 35.7 Å². The number of nitrogens with one attached hydrogen (secondary N) is 2. The molecule has 1 atom stereocenters. The molecule has 1 aliphatic rings. The summed E-state index contributed by atoms with van der Waals surface area (Å²) in [5, 5.41) is 4.15. The standard InChI is InChI=1S/C17H15ClN2OS/c18-13-8-11-6-7-19-9-12(10-4-2-1-3-5-10)14(11)16-15(13)20-17(21)22-16/h1-5,8,12,19H,6-7,9H2,(H,20,21)/t12-/m1/s1. The van der Waals surface area contributed by atoms with E-state index in [4.69, 9.17) is 11.6 Å². The van der Waals surface area contributed by atoms with Gasteiger partial charge in [-0.25, -0.2) is 0 Å². The highest BCUT2D eigenvalue weighted by atomic mass is 35.5. The number of aromatic nitrogens is 1. The third-order valence-corrected chi connectivity index (χ3v) is 5.46. The SMILES string of the molecule is O=c1[nH]c2c(Cl)cc3c(c2s1)[C@@H](c1ccccc1)CNCC3. The zero-order valence-electron chi connectivity index (χ0n) is 11.9. The van der Waals surface area contributed by atoms with Crippen molar-refractivity contribution in [2.45, 2.75) is 12.3 Å². The lowest BCUT2D eigenvalue weighted by molar-refractivity contribution is 0.666. The monoisotopic (exact) mass is 330 g/mol. The number of thiazole rings is 1. The molecule has 2 N–H and O–H groups in total. The molecule has 112 valence electrons. The van der Waals surface area contributed by atoms with Gasteiger partial charge in [-0.3, -0.25) is 4.79 Å². The summed E-state index contributed by atoms with van der Waals surface area (Å²) in [7, 11) is 0. The molecule has 0 unspecified atom stereocenters. The summed E-state index contributed by atoms with van der Waals surface area (Å²) in [6, 6.07) is 12.5. The molecule has 1 aromatic heterocycles. The minimum absolute atomic E-state index is 0.0469. The maximum absolute atomic E-state index is 11.8. The first-order valence-electron chi connectivity index (χ1n) is 7.34. The molecule has 3 aromatic rings. The molecule has 5 heteroatoms. The molecule has 1 aliphatic heterocycles. The van der Waals surface area contributed by atoms with E-state index in [2.05, 4.69) is 34.6 Å². The van der Waals surface area contributed by atoms with Crippen LogP contribution in [0.4, 0.5) is 0 Å². The highest BCUT2D eigenvalue weighted by Gasteiger charge is 2.25. The number of halogens is 1. The number of H-pyrrole nitrogens is 1. The second-order valence-corrected chi connectivity index (χ2v) is 6.96. The summed E-state index contributed by atoms with van der Waals surface area (Å²) in [4.78, 5) is 14.7. The Labute approximate surface area is 136 Å². The van der Waals surface area contributed by atoms with E-state index in [0.717, 1.165) is 29.7 Å². The molecule has 0 fully saturated rings. The van der Waals surface area contributed by atoms with Crippen molar-refractivity contribution in [1.82, 2.24) is 10.3 Å². The lowest BCUT2D eigenvalue weighted by atomic mass is 9.88. The van der Waals surface area contributed by atoms with E-state index in [1.54, 1.807) is 0 Å². The molecular weight excluding hydrogens is 316 g/mol. The molecule has 0 radical (unpaired) electrons. The quantitative estimate of drug-likeness (QED) is 0.717. The van der Waals surface area contributed by atoms with Gasteiger partial charge in [0.2, 0.25) is 0 Å². The van der Waals surface area contributed by atoms with Crippen LogP contribution in [0.15, 0.2) is 41.2 Å². The number of rotatable bonds is 1. The predicted molar refractivity (Wildman–Crippen MR) is 92.3 cm³/mol. The smallest absolute Gasteiger partial charge is 0.305 e. The van der Waals surface area contributed by atoms with Gasteiger partial charge >= 0.3 is 4.87 Å². The average Bonchev–Trinajstić information content (AvgIpc) is 2.79. The Morgan fingerprint density at radius 1 is 1.23 bits per heavy atom. The van der Waals surface area contributed by atoms with Crippen molar-refractivity contribution in [1.29, 1.82) is 0 Å². The van der Waals surface area contributed by atoms with Crippen molar-refractivity contribution in [3.8, 4) is 0 Å². The lowest BCUT2D eigenvalue weighted by Gasteiger charge is -2.19. The lowest BCUT2D eigenvalue weighted by Crippen LogP contribution is -2.20. The average molecular weight is 331 g/mol. The van der Waals surface area contributed by atoms with E-state index in [1.807, 2.05) is 12.1 Å². The Morgan fingerprint density at radius 3 is 2.86 bits per heavy atom. The van der Waals surface area contributed by atoms with Gasteiger partial charge in [0.15, 0.2) is 0 Å². The predicted octanol–water partition coefficient (Wildman–Crippen LogP) is 3.52. The van der Waals surface area contributed by atoms with Crippen molar-refractivity contribution in [3.05, 3.63) is 67.8 Å². The summed E-state index contributed by atoms with van der Waals surface area (Å²) < 4.78 is 1.00. The molecule has 0 saturated carbocycles. The summed E-state index contributed by atoms with van der Waals surface area (Å²) in [5.41, 5.74) is 4.53. The van der Waals surface area contributed by atoms with Gasteiger partial charge < -0.3 is 10.3 Å². The first-order chi connectivity index (χ1) is 10.7. The van der Waals surface area contributed by atoms with Crippen LogP contribution < -0.4 is 10.2 Å². The van der Waals surface area contributed by atoms with Crippen LogP contribution in [0.2, 0.25) is 5.02 Å². The Morgan fingerprint density at radius 2 is 2.05 bits per heavy atom. The van der Waals surface area contributed by atoms with Crippen LogP contribution in [0.5, 0.6) is 0 Å². The van der Waals surface area contributed by atoms with E-state index in [-0.39, 0.29) is 10.8 Å². The number of benzene rings is 2. The second kappa shape index (κ2) is 5.54. The summed E-state index contributed by atoms with van der Waals surface area (Å²) in [6.07, 6.45) is 0.931. The Balaban J connectivity index is 2.03. The highest BCUT2D eigenvalue weighted by Crippen LogP contribution is 2.38. The van der Waals surface area contributed by atoms with Crippen LogP contribution >= 0.6 is 22.9 Å². The maximum atomic E-state index is 11.8. The van der Waals surface area contributed by atoms with Crippen LogP contribution in [-0.4, -0.2) is 18.1 Å². The van der Waals surface area contributed by atoms with Gasteiger partial charge in [-0.1, -0.05) is 53.3 Å². The van der Waals surface area contributed by atoms with Crippen molar-refractivity contribution < 1.29 is 0 Å². The fourth-order valence-electron chi connectivity index (χ4n) is 3.26. The van der Waals surface area contributed by atoms with Gasteiger partial charge in [0.1, 0.15) is 0 Å². The molecule has 22 heavy (non-hydrogen) atoms. The number of aromatic amines is 1. The summed E-state index contributed by atoms with van der Waals surface area (Å²) >= 11 is 7.64. The van der Waals surface area contributed by atoms with E-state index in [1.165, 1.54) is 28.0 Å². The molecule has 0 aliphatic carbocycles. The molecule has 0 saturated heterocycles. The first kappa shape index (κ1) is 14.0. The molecule has 0 bridgehead atoms. The molecule has 3 nitrogen and oxygen atoms in total. The van der Waals surface area contributed by atoms with Crippen molar-refractivity contribution >= 4 is 33.2 Å². The Hall–Kier alpha value is -1.62. The number of hydrogen-bond donors (Lipinski definition) is 2. The maximum Gasteiger partial charge on any atom is 0.305 e. The van der Waals surface area contributed by atoms with Crippen LogP contribution in [-0.2, 0) is 6.42 Å². The van der Waals surface area contributed by atoms with E-state index < -0.39 is 0 Å². The van der Waals surface area contributed by atoms with Crippen LogP contribution in [0.25, 0.3) is 10.2 Å². The van der Waals surface area contributed by atoms with E-state index in [0.29, 0.717) is 5.02 Å². The van der Waals surface area contributed by atoms with Crippen LogP contribution in [0.3, 0.4) is 0 Å². The highest BCUT2D eigenvalue weighted by molar-refractivity contribution is 7.16. The summed E-state index contributed by atoms with van der Waals surface area (Å²) in [6.45, 7) is 1.80. The third-order valence-electron chi connectivity index (χ3n) is 4.25. The Bertz CT molecular complexity index is 885. The molecule has 0 spiro atoms. The minimum Gasteiger partial charge on any atom is -0.315 e. The molecule has 4 rings (SSSR count). The molecule has 2 heterocycles. The van der Waals surface area contributed by atoms with E-state index in [9.17, 15) is 4.79 Å². The second-order valence-electron chi connectivity index (χ2n) is 5.57. The van der Waals surface area contributed by atoms with E-state index >= 15 is 0 Å². The fraction of sp³-hybridized carbons (Fsp3) is 0.235. The third kappa shape index (κ3) is 2.28. The molecule has 0 amide bonds. The fourth-order valence-corrected chi connectivity index (χ4v) is 4.58. The normalized spacial score (nSPS) is 18.1. The molecule has 2 aromatic carbocycles. The topological polar surface area (TPSA) is 44.9 Å². The van der Waals surface area contributed by atoms with Gasteiger partial charge in [0.25, 0.3) is 0 Å².